The lowest BCUT2D eigenvalue weighted by Crippen LogP contribution is -2.14. The molecular weight excluding hydrogens is 394 g/mol. The molecule has 2 aromatic heterocycles. The van der Waals surface area contributed by atoms with Crippen LogP contribution in [0.25, 0.3) is 10.9 Å². The van der Waals surface area contributed by atoms with Gasteiger partial charge in [-0.05, 0) is 29.8 Å². The average Bonchev–Trinajstić information content (AvgIpc) is 2.80. The third-order valence-corrected chi connectivity index (χ3v) is 4.57. The molecule has 1 amide bonds. The second-order valence-corrected chi connectivity index (χ2v) is 6.63. The lowest BCUT2D eigenvalue weighted by atomic mass is 10.1. The number of anilines is 1. The first kappa shape index (κ1) is 20.2. The van der Waals surface area contributed by atoms with Crippen molar-refractivity contribution < 1.29 is 19.0 Å². The summed E-state index contributed by atoms with van der Waals surface area (Å²) in [6.07, 6.45) is 3.45. The average molecular weight is 414 g/mol. The lowest BCUT2D eigenvalue weighted by Gasteiger charge is -2.12. The van der Waals surface area contributed by atoms with Gasteiger partial charge in [0.15, 0.2) is 11.5 Å². The van der Waals surface area contributed by atoms with Crippen LogP contribution in [0.2, 0.25) is 0 Å². The van der Waals surface area contributed by atoms with Gasteiger partial charge in [-0.1, -0.05) is 24.3 Å². The van der Waals surface area contributed by atoms with Crippen LogP contribution in [0.1, 0.15) is 5.56 Å². The van der Waals surface area contributed by atoms with Crippen LogP contribution < -0.4 is 19.5 Å². The van der Waals surface area contributed by atoms with E-state index in [9.17, 15) is 4.79 Å². The Hall–Kier alpha value is -4.13. The van der Waals surface area contributed by atoms with Crippen LogP contribution >= 0.6 is 0 Å². The van der Waals surface area contributed by atoms with E-state index in [1.807, 2.05) is 24.3 Å². The first-order chi connectivity index (χ1) is 15.2. The monoisotopic (exact) mass is 414 g/mol. The van der Waals surface area contributed by atoms with Crippen LogP contribution in [0.15, 0.2) is 67.0 Å². The highest BCUT2D eigenvalue weighted by molar-refractivity contribution is 5.92. The van der Waals surface area contributed by atoms with Crippen LogP contribution in [0, 0.1) is 6.07 Å². The summed E-state index contributed by atoms with van der Waals surface area (Å²) in [6.45, 7) is 0. The number of benzene rings is 2. The SMILES string of the molecule is COc1cc2nccc(Oc3ccc(NC(=O)Cc4[c]cccc4)cn3)c2cc1OC. The summed E-state index contributed by atoms with van der Waals surface area (Å²) in [5.41, 5.74) is 2.11. The number of carbonyl (C=O) groups excluding carboxylic acids is 1. The van der Waals surface area contributed by atoms with Crippen molar-refractivity contribution in [2.75, 3.05) is 19.5 Å². The van der Waals surface area contributed by atoms with Gasteiger partial charge >= 0.3 is 0 Å². The number of rotatable bonds is 7. The number of nitrogens with zero attached hydrogens (tertiary/aromatic N) is 2. The van der Waals surface area contributed by atoms with Gasteiger partial charge in [-0.25, -0.2) is 4.98 Å². The predicted octanol–water partition coefficient (Wildman–Crippen LogP) is 4.42. The third-order valence-electron chi connectivity index (χ3n) is 4.57. The fraction of sp³-hybridized carbons (Fsp3) is 0.125. The van der Waals surface area contributed by atoms with Gasteiger partial charge < -0.3 is 19.5 Å². The topological polar surface area (TPSA) is 82.6 Å². The Bertz CT molecular complexity index is 1190. The van der Waals surface area contributed by atoms with Crippen molar-refractivity contribution in [3.63, 3.8) is 0 Å². The first-order valence-corrected chi connectivity index (χ1v) is 9.56. The summed E-state index contributed by atoms with van der Waals surface area (Å²) < 4.78 is 16.7. The molecule has 4 rings (SSSR count). The Balaban J connectivity index is 1.49. The minimum atomic E-state index is -0.140. The van der Waals surface area contributed by atoms with Crippen LogP contribution in [-0.2, 0) is 11.2 Å². The van der Waals surface area contributed by atoms with Gasteiger partial charge in [0.1, 0.15) is 5.75 Å². The van der Waals surface area contributed by atoms with Crippen molar-refractivity contribution in [3.05, 3.63) is 78.6 Å². The van der Waals surface area contributed by atoms with E-state index in [1.165, 1.54) is 0 Å². The summed E-state index contributed by atoms with van der Waals surface area (Å²) in [4.78, 5) is 20.9. The molecule has 0 aliphatic carbocycles. The second-order valence-electron chi connectivity index (χ2n) is 6.63. The molecule has 2 heterocycles. The maximum atomic E-state index is 12.2. The van der Waals surface area contributed by atoms with Crippen LogP contribution in [0.4, 0.5) is 5.69 Å². The number of hydrogen-bond acceptors (Lipinski definition) is 6. The molecule has 1 N–H and O–H groups in total. The summed E-state index contributed by atoms with van der Waals surface area (Å²) >= 11 is 0. The Morgan fingerprint density at radius 1 is 1.00 bits per heavy atom. The van der Waals surface area contributed by atoms with E-state index in [4.69, 9.17) is 14.2 Å². The van der Waals surface area contributed by atoms with E-state index in [0.717, 1.165) is 10.9 Å². The minimum Gasteiger partial charge on any atom is -0.493 e. The summed E-state index contributed by atoms with van der Waals surface area (Å²) in [7, 11) is 3.15. The first-order valence-electron chi connectivity index (χ1n) is 9.56. The molecule has 0 spiro atoms. The number of pyridine rings is 2. The number of nitrogens with one attached hydrogen (secondary N) is 1. The fourth-order valence-corrected chi connectivity index (χ4v) is 3.08. The third kappa shape index (κ3) is 4.72. The van der Waals surface area contributed by atoms with Crippen molar-refractivity contribution in [2.45, 2.75) is 6.42 Å². The molecule has 4 aromatic rings. The number of amides is 1. The van der Waals surface area contributed by atoms with E-state index in [0.29, 0.717) is 34.3 Å². The molecule has 0 aliphatic heterocycles. The second kappa shape index (κ2) is 9.13. The van der Waals surface area contributed by atoms with Gasteiger partial charge in [0.05, 0.1) is 38.0 Å². The van der Waals surface area contributed by atoms with Crippen molar-refractivity contribution in [1.29, 1.82) is 0 Å². The van der Waals surface area contributed by atoms with Gasteiger partial charge in [-0.15, -0.1) is 0 Å². The summed E-state index contributed by atoms with van der Waals surface area (Å²) in [5.74, 6) is 1.99. The van der Waals surface area contributed by atoms with E-state index >= 15 is 0 Å². The zero-order chi connectivity index (χ0) is 21.6. The molecule has 0 fully saturated rings. The molecular formula is C24H20N3O4. The number of ether oxygens (including phenoxy) is 3. The molecule has 1 radical (unpaired) electrons. The smallest absolute Gasteiger partial charge is 0.228 e. The Morgan fingerprint density at radius 2 is 1.84 bits per heavy atom. The summed E-state index contributed by atoms with van der Waals surface area (Å²) in [6, 6.07) is 19.2. The zero-order valence-corrected chi connectivity index (χ0v) is 17.1. The van der Waals surface area contributed by atoms with E-state index < -0.39 is 0 Å². The van der Waals surface area contributed by atoms with Crippen LogP contribution in [-0.4, -0.2) is 30.1 Å². The highest BCUT2D eigenvalue weighted by Crippen LogP contribution is 2.36. The lowest BCUT2D eigenvalue weighted by molar-refractivity contribution is -0.115. The predicted molar refractivity (Wildman–Crippen MR) is 117 cm³/mol. The van der Waals surface area contributed by atoms with Gasteiger partial charge in [0.25, 0.3) is 0 Å². The number of aromatic nitrogens is 2. The molecule has 0 saturated heterocycles. The molecule has 0 aliphatic rings. The quantitative estimate of drug-likeness (QED) is 0.482. The van der Waals surface area contributed by atoms with Crippen molar-refractivity contribution in [3.8, 4) is 23.1 Å². The molecule has 155 valence electrons. The Morgan fingerprint density at radius 3 is 2.55 bits per heavy atom. The Labute approximate surface area is 179 Å². The standard InChI is InChI=1S/C24H20N3O4/c1-29-21-13-18-19(14-22(21)30-2)25-11-10-20(18)31-24-9-8-17(15-26-24)27-23(28)12-16-6-4-3-5-7-16/h3-6,8-11,13-15H,12H2,1-2H3,(H,27,28). The molecule has 0 bridgehead atoms. The number of fused-ring (bicyclic) bond motifs is 1. The maximum Gasteiger partial charge on any atom is 0.228 e. The Kier molecular flexibility index (Phi) is 5.93. The van der Waals surface area contributed by atoms with Gasteiger partial charge in [0, 0.05) is 23.7 Å². The minimum absolute atomic E-state index is 0.140. The molecule has 0 unspecified atom stereocenters. The van der Waals surface area contributed by atoms with Crippen LogP contribution in [0.3, 0.4) is 0 Å². The molecule has 0 saturated carbocycles. The van der Waals surface area contributed by atoms with Crippen molar-refractivity contribution in [1.82, 2.24) is 9.97 Å². The largest absolute Gasteiger partial charge is 0.493 e. The normalized spacial score (nSPS) is 10.5. The van der Waals surface area contributed by atoms with Gasteiger partial charge in [0.2, 0.25) is 11.8 Å². The summed E-state index contributed by atoms with van der Waals surface area (Å²) in [5, 5.41) is 3.58. The van der Waals surface area contributed by atoms with Crippen LogP contribution in [0.5, 0.6) is 23.1 Å². The molecule has 7 heteroatoms. The van der Waals surface area contributed by atoms with Crippen molar-refractivity contribution >= 4 is 22.5 Å². The van der Waals surface area contributed by atoms with E-state index in [1.54, 1.807) is 56.9 Å². The number of hydrogen-bond donors (Lipinski definition) is 1. The molecule has 0 atom stereocenters. The molecule has 7 nitrogen and oxygen atoms in total. The van der Waals surface area contributed by atoms with Crippen molar-refractivity contribution in [2.24, 2.45) is 0 Å². The highest BCUT2D eigenvalue weighted by Gasteiger charge is 2.12. The van der Waals surface area contributed by atoms with E-state index in [2.05, 4.69) is 21.4 Å². The number of methoxy groups -OCH3 is 2. The van der Waals surface area contributed by atoms with E-state index in [-0.39, 0.29) is 12.3 Å². The highest BCUT2D eigenvalue weighted by atomic mass is 16.5. The maximum absolute atomic E-state index is 12.2. The van der Waals surface area contributed by atoms with Gasteiger partial charge in [-0.3, -0.25) is 9.78 Å². The molecule has 31 heavy (non-hydrogen) atoms. The fourth-order valence-electron chi connectivity index (χ4n) is 3.08. The zero-order valence-electron chi connectivity index (χ0n) is 17.1. The molecule has 2 aromatic carbocycles. The number of carbonyl (C=O) groups is 1. The van der Waals surface area contributed by atoms with Gasteiger partial charge in [-0.2, -0.15) is 0 Å².